The highest BCUT2D eigenvalue weighted by molar-refractivity contribution is 9.10. The van der Waals surface area contributed by atoms with Gasteiger partial charge < -0.3 is 10.6 Å². The quantitative estimate of drug-likeness (QED) is 0.890. The molecule has 0 heterocycles. The fraction of sp³-hybridized carbons (Fsp3) is 0.500. The van der Waals surface area contributed by atoms with Crippen LogP contribution in [0.15, 0.2) is 28.7 Å². The van der Waals surface area contributed by atoms with E-state index in [1.165, 1.54) is 5.56 Å². The van der Waals surface area contributed by atoms with E-state index in [1.807, 2.05) is 6.07 Å². The van der Waals surface area contributed by atoms with E-state index in [0.717, 1.165) is 23.9 Å². The van der Waals surface area contributed by atoms with Gasteiger partial charge in [0.2, 0.25) is 0 Å². The van der Waals surface area contributed by atoms with Crippen LogP contribution in [0.1, 0.15) is 12.0 Å². The number of halogens is 1. The summed E-state index contributed by atoms with van der Waals surface area (Å²) in [6.07, 6.45) is 1.98. The third kappa shape index (κ3) is 4.78. The summed E-state index contributed by atoms with van der Waals surface area (Å²) >= 11 is 3.54. The molecule has 1 atom stereocenters. The van der Waals surface area contributed by atoms with Gasteiger partial charge in [0.1, 0.15) is 0 Å². The number of nitrogens with zero attached hydrogens (tertiary/aromatic N) is 1. The van der Waals surface area contributed by atoms with Crippen LogP contribution in [0.2, 0.25) is 0 Å². The van der Waals surface area contributed by atoms with Gasteiger partial charge in [-0.25, -0.2) is 0 Å². The third-order valence-corrected chi connectivity index (χ3v) is 3.16. The molecule has 0 saturated heterocycles. The highest BCUT2D eigenvalue weighted by atomic mass is 79.9. The summed E-state index contributed by atoms with van der Waals surface area (Å²) in [6.45, 7) is 1.05. The summed E-state index contributed by atoms with van der Waals surface area (Å²) < 4.78 is 1.16. The van der Waals surface area contributed by atoms with Gasteiger partial charge in [0, 0.05) is 10.5 Å². The lowest BCUT2D eigenvalue weighted by molar-refractivity contribution is 0.379. The fourth-order valence-electron chi connectivity index (χ4n) is 1.47. The predicted molar refractivity (Wildman–Crippen MR) is 69.0 cm³/mol. The number of rotatable bonds is 5. The molecule has 1 unspecified atom stereocenters. The number of hydrogen-bond acceptors (Lipinski definition) is 2. The van der Waals surface area contributed by atoms with Gasteiger partial charge in [0.15, 0.2) is 0 Å². The van der Waals surface area contributed by atoms with Gasteiger partial charge in [-0.3, -0.25) is 0 Å². The zero-order valence-electron chi connectivity index (χ0n) is 9.41. The van der Waals surface area contributed by atoms with Crippen molar-refractivity contribution in [3.8, 4) is 0 Å². The Morgan fingerprint density at radius 1 is 1.33 bits per heavy atom. The van der Waals surface area contributed by atoms with Gasteiger partial charge in [0.25, 0.3) is 0 Å². The molecule has 1 rings (SSSR count). The molecule has 0 aliphatic rings. The Balaban J connectivity index is 2.44. The first-order valence-electron chi connectivity index (χ1n) is 5.23. The summed E-state index contributed by atoms with van der Waals surface area (Å²) in [5.74, 6) is 0. The molecule has 2 N–H and O–H groups in total. The van der Waals surface area contributed by atoms with Gasteiger partial charge in [-0.05, 0) is 45.1 Å². The second-order valence-corrected chi connectivity index (χ2v) is 5.00. The Morgan fingerprint density at radius 2 is 2.00 bits per heavy atom. The van der Waals surface area contributed by atoms with Gasteiger partial charge in [-0.2, -0.15) is 0 Å². The Kier molecular flexibility index (Phi) is 5.29. The summed E-state index contributed by atoms with van der Waals surface area (Å²) in [5, 5.41) is 0. The van der Waals surface area contributed by atoms with Crippen molar-refractivity contribution in [3.63, 3.8) is 0 Å². The third-order valence-electron chi connectivity index (χ3n) is 2.39. The van der Waals surface area contributed by atoms with Gasteiger partial charge in [-0.1, -0.05) is 34.1 Å². The van der Waals surface area contributed by atoms with E-state index < -0.39 is 0 Å². The molecule has 0 amide bonds. The van der Waals surface area contributed by atoms with Crippen molar-refractivity contribution in [3.05, 3.63) is 34.3 Å². The Labute approximate surface area is 101 Å². The van der Waals surface area contributed by atoms with E-state index >= 15 is 0 Å². The molecule has 1 aromatic carbocycles. The van der Waals surface area contributed by atoms with Crippen LogP contribution >= 0.6 is 15.9 Å². The van der Waals surface area contributed by atoms with Crippen molar-refractivity contribution in [1.29, 1.82) is 0 Å². The van der Waals surface area contributed by atoms with Crippen molar-refractivity contribution < 1.29 is 0 Å². The van der Waals surface area contributed by atoms with Crippen molar-refractivity contribution >= 4 is 15.9 Å². The van der Waals surface area contributed by atoms with E-state index in [4.69, 9.17) is 5.73 Å². The molecular weight excluding hydrogens is 252 g/mol. The van der Waals surface area contributed by atoms with E-state index in [-0.39, 0.29) is 6.04 Å². The lowest BCUT2D eigenvalue weighted by atomic mass is 10.0. The van der Waals surface area contributed by atoms with Crippen molar-refractivity contribution in [2.75, 3.05) is 20.6 Å². The van der Waals surface area contributed by atoms with Crippen LogP contribution in [0.5, 0.6) is 0 Å². The van der Waals surface area contributed by atoms with Crippen LogP contribution in [0.25, 0.3) is 0 Å². The molecule has 1 aromatic rings. The van der Waals surface area contributed by atoms with Gasteiger partial charge in [-0.15, -0.1) is 0 Å². The van der Waals surface area contributed by atoms with Crippen molar-refractivity contribution in [1.82, 2.24) is 4.90 Å². The van der Waals surface area contributed by atoms with Crippen molar-refractivity contribution in [2.24, 2.45) is 5.73 Å². The van der Waals surface area contributed by atoms with E-state index in [2.05, 4.69) is 53.1 Å². The Hall–Kier alpha value is -0.380. The minimum atomic E-state index is 0.242. The average molecular weight is 271 g/mol. The highest BCUT2D eigenvalue weighted by Gasteiger charge is 2.06. The predicted octanol–water partition coefficient (Wildman–Crippen LogP) is 2.27. The molecule has 0 bridgehead atoms. The van der Waals surface area contributed by atoms with E-state index in [9.17, 15) is 0 Å². The largest absolute Gasteiger partial charge is 0.327 e. The SMILES string of the molecule is CN(C)CCC(N)Cc1ccccc1Br. The van der Waals surface area contributed by atoms with Crippen LogP contribution in [0, 0.1) is 0 Å². The molecule has 3 heteroatoms. The number of nitrogens with two attached hydrogens (primary N) is 1. The molecule has 0 aliphatic heterocycles. The van der Waals surface area contributed by atoms with Crippen molar-refractivity contribution in [2.45, 2.75) is 18.9 Å². The Morgan fingerprint density at radius 3 is 2.60 bits per heavy atom. The lowest BCUT2D eigenvalue weighted by Crippen LogP contribution is -2.28. The summed E-state index contributed by atoms with van der Waals surface area (Å²) in [4.78, 5) is 2.17. The van der Waals surface area contributed by atoms with E-state index in [0.29, 0.717) is 0 Å². The van der Waals surface area contributed by atoms with Gasteiger partial charge >= 0.3 is 0 Å². The molecular formula is C12H19BrN2. The normalized spacial score (nSPS) is 13.1. The smallest absolute Gasteiger partial charge is 0.0207 e. The standard InChI is InChI=1S/C12H19BrN2/c1-15(2)8-7-11(14)9-10-5-3-4-6-12(10)13/h3-6,11H,7-9,14H2,1-2H3. The molecule has 84 valence electrons. The first-order valence-corrected chi connectivity index (χ1v) is 6.02. The minimum absolute atomic E-state index is 0.242. The molecule has 0 saturated carbocycles. The van der Waals surface area contributed by atoms with Crippen LogP contribution in [0.3, 0.4) is 0 Å². The molecule has 0 aliphatic carbocycles. The molecule has 2 nitrogen and oxygen atoms in total. The molecule has 15 heavy (non-hydrogen) atoms. The first kappa shape index (κ1) is 12.7. The monoisotopic (exact) mass is 270 g/mol. The number of benzene rings is 1. The maximum absolute atomic E-state index is 6.08. The second kappa shape index (κ2) is 6.26. The summed E-state index contributed by atoms with van der Waals surface area (Å²) in [6, 6.07) is 8.51. The second-order valence-electron chi connectivity index (χ2n) is 4.15. The highest BCUT2D eigenvalue weighted by Crippen LogP contribution is 2.17. The Bertz CT molecular complexity index is 299. The van der Waals surface area contributed by atoms with E-state index in [1.54, 1.807) is 0 Å². The minimum Gasteiger partial charge on any atom is -0.327 e. The maximum Gasteiger partial charge on any atom is 0.0207 e. The van der Waals surface area contributed by atoms with Crippen LogP contribution < -0.4 is 5.73 Å². The van der Waals surface area contributed by atoms with Crippen LogP contribution in [-0.4, -0.2) is 31.6 Å². The summed E-state index contributed by atoms with van der Waals surface area (Å²) in [5.41, 5.74) is 7.37. The first-order chi connectivity index (χ1) is 7.09. The lowest BCUT2D eigenvalue weighted by Gasteiger charge is -2.15. The zero-order valence-corrected chi connectivity index (χ0v) is 11.0. The molecule has 0 fully saturated rings. The number of hydrogen-bond donors (Lipinski definition) is 1. The van der Waals surface area contributed by atoms with Crippen LogP contribution in [-0.2, 0) is 6.42 Å². The van der Waals surface area contributed by atoms with Crippen LogP contribution in [0.4, 0.5) is 0 Å². The summed E-state index contributed by atoms with van der Waals surface area (Å²) in [7, 11) is 4.15. The topological polar surface area (TPSA) is 29.3 Å². The maximum atomic E-state index is 6.08. The average Bonchev–Trinajstić information content (AvgIpc) is 2.18. The molecule has 0 radical (unpaired) electrons. The van der Waals surface area contributed by atoms with Gasteiger partial charge in [0.05, 0.1) is 0 Å². The molecule has 0 aromatic heterocycles. The zero-order chi connectivity index (χ0) is 11.3. The fourth-order valence-corrected chi connectivity index (χ4v) is 1.92. The molecule has 0 spiro atoms.